The van der Waals surface area contributed by atoms with Crippen LogP contribution in [-0.4, -0.2) is 63.4 Å². The van der Waals surface area contributed by atoms with Crippen molar-refractivity contribution in [3.05, 3.63) is 42.1 Å². The van der Waals surface area contributed by atoms with Gasteiger partial charge >= 0.3 is 0 Å². The predicted molar refractivity (Wildman–Crippen MR) is 96.6 cm³/mol. The van der Waals surface area contributed by atoms with Crippen LogP contribution in [-0.2, 0) is 6.54 Å². The highest BCUT2D eigenvalue weighted by Crippen LogP contribution is 2.24. The highest BCUT2D eigenvalue weighted by Gasteiger charge is 2.28. The molecule has 5 nitrogen and oxygen atoms in total. The normalized spacial score (nSPS) is 19.9. The van der Waals surface area contributed by atoms with Gasteiger partial charge in [0.2, 0.25) is 0 Å². The van der Waals surface area contributed by atoms with Crippen molar-refractivity contribution in [2.45, 2.75) is 38.9 Å². The molecular formula is C19H28N4O. The fourth-order valence-corrected chi connectivity index (χ4v) is 3.69. The number of nitrogens with one attached hydrogen (secondary N) is 1. The number of hydrogen-bond donors (Lipinski definition) is 2. The zero-order valence-electron chi connectivity index (χ0n) is 14.7. The van der Waals surface area contributed by atoms with E-state index in [1.165, 1.54) is 11.1 Å². The van der Waals surface area contributed by atoms with Crippen LogP contribution in [0.4, 0.5) is 0 Å². The van der Waals surface area contributed by atoms with Gasteiger partial charge in [-0.2, -0.15) is 5.10 Å². The monoisotopic (exact) mass is 328 g/mol. The van der Waals surface area contributed by atoms with Crippen LogP contribution >= 0.6 is 0 Å². The second-order valence-corrected chi connectivity index (χ2v) is 6.87. The molecule has 1 aromatic heterocycles. The molecule has 0 amide bonds. The average molecular weight is 328 g/mol. The van der Waals surface area contributed by atoms with E-state index in [0.29, 0.717) is 12.1 Å². The summed E-state index contributed by atoms with van der Waals surface area (Å²) in [4.78, 5) is 5.00. The van der Waals surface area contributed by atoms with E-state index in [9.17, 15) is 5.11 Å². The number of rotatable bonds is 6. The molecule has 1 saturated heterocycles. The van der Waals surface area contributed by atoms with Gasteiger partial charge in [-0.05, 0) is 25.8 Å². The Hall–Kier alpha value is -1.69. The number of nitrogens with zero attached hydrogens (tertiary/aromatic N) is 3. The molecule has 3 rings (SSSR count). The van der Waals surface area contributed by atoms with Gasteiger partial charge in [-0.25, -0.2) is 0 Å². The Kier molecular flexibility index (Phi) is 5.66. The average Bonchev–Trinajstić information content (AvgIpc) is 3.04. The summed E-state index contributed by atoms with van der Waals surface area (Å²) in [7, 11) is 0. The number of hydrogen-bond acceptors (Lipinski definition) is 4. The number of aromatic nitrogens is 2. The van der Waals surface area contributed by atoms with E-state index in [1.807, 2.05) is 12.3 Å². The molecule has 1 fully saturated rings. The van der Waals surface area contributed by atoms with Crippen molar-refractivity contribution in [2.24, 2.45) is 0 Å². The van der Waals surface area contributed by atoms with Crippen molar-refractivity contribution in [3.8, 4) is 11.3 Å². The van der Waals surface area contributed by atoms with E-state index in [0.717, 1.165) is 38.3 Å². The molecule has 0 spiro atoms. The smallest absolute Gasteiger partial charge is 0.0695 e. The third-order valence-corrected chi connectivity index (χ3v) is 4.91. The van der Waals surface area contributed by atoms with E-state index in [1.54, 1.807) is 0 Å². The number of H-pyrrole nitrogens is 1. The van der Waals surface area contributed by atoms with Crippen LogP contribution in [0.3, 0.4) is 0 Å². The van der Waals surface area contributed by atoms with Crippen LogP contribution in [0, 0.1) is 0 Å². The maximum Gasteiger partial charge on any atom is 0.0695 e. The van der Waals surface area contributed by atoms with E-state index in [-0.39, 0.29) is 6.61 Å². The lowest BCUT2D eigenvalue weighted by Crippen LogP contribution is -2.55. The van der Waals surface area contributed by atoms with Crippen molar-refractivity contribution in [2.75, 3.05) is 26.2 Å². The third-order valence-electron chi connectivity index (χ3n) is 4.91. The number of aliphatic hydroxyl groups is 1. The summed E-state index contributed by atoms with van der Waals surface area (Å²) in [5.74, 6) is 0. The van der Waals surface area contributed by atoms with Crippen LogP contribution in [0.15, 0.2) is 36.5 Å². The first kappa shape index (κ1) is 17.1. The first-order valence-electron chi connectivity index (χ1n) is 8.85. The van der Waals surface area contributed by atoms with Gasteiger partial charge < -0.3 is 5.11 Å². The largest absolute Gasteiger partial charge is 0.396 e. The molecule has 1 aliphatic heterocycles. The molecule has 0 aliphatic carbocycles. The topological polar surface area (TPSA) is 55.4 Å². The lowest BCUT2D eigenvalue weighted by molar-refractivity contribution is 0.0350. The molecule has 0 bridgehead atoms. The Morgan fingerprint density at radius 2 is 2.04 bits per heavy atom. The van der Waals surface area contributed by atoms with E-state index >= 15 is 0 Å². The summed E-state index contributed by atoms with van der Waals surface area (Å²) in [6.45, 7) is 8.74. The minimum atomic E-state index is 0.253. The van der Waals surface area contributed by atoms with Gasteiger partial charge in [0.25, 0.3) is 0 Å². The summed E-state index contributed by atoms with van der Waals surface area (Å²) in [5.41, 5.74) is 3.53. The van der Waals surface area contributed by atoms with Crippen molar-refractivity contribution in [1.29, 1.82) is 0 Å². The lowest BCUT2D eigenvalue weighted by atomic mass is 10.0. The van der Waals surface area contributed by atoms with Crippen molar-refractivity contribution >= 4 is 0 Å². The first-order valence-corrected chi connectivity index (χ1v) is 8.85. The molecule has 1 atom stereocenters. The summed E-state index contributed by atoms with van der Waals surface area (Å²) in [5, 5.41) is 16.8. The summed E-state index contributed by atoms with van der Waals surface area (Å²) >= 11 is 0. The van der Waals surface area contributed by atoms with E-state index < -0.39 is 0 Å². The minimum Gasteiger partial charge on any atom is -0.396 e. The molecule has 2 N–H and O–H groups in total. The molecule has 0 unspecified atom stereocenters. The van der Waals surface area contributed by atoms with Crippen molar-refractivity contribution in [3.63, 3.8) is 0 Å². The standard InChI is InChI=1S/C19H28N4O/c1-15(2)23-10-9-22(14-18(23)8-11-24)13-17-12-20-21-19(17)16-6-4-3-5-7-16/h3-7,12,15,18,24H,8-11,13-14H2,1-2H3,(H,20,21)/t18-/m0/s1. The van der Waals surface area contributed by atoms with Gasteiger partial charge in [0, 0.05) is 50.4 Å². The Morgan fingerprint density at radius 1 is 1.25 bits per heavy atom. The third kappa shape index (κ3) is 3.86. The summed E-state index contributed by atoms with van der Waals surface area (Å²) in [6.07, 6.45) is 2.78. The molecule has 24 heavy (non-hydrogen) atoms. The molecule has 5 heteroatoms. The van der Waals surface area contributed by atoms with Crippen molar-refractivity contribution in [1.82, 2.24) is 20.0 Å². The molecule has 1 aliphatic rings. The van der Waals surface area contributed by atoms with Gasteiger partial charge in [0.1, 0.15) is 0 Å². The van der Waals surface area contributed by atoms with Gasteiger partial charge in [-0.3, -0.25) is 14.9 Å². The Labute approximate surface area is 144 Å². The number of piperazine rings is 1. The Balaban J connectivity index is 1.70. The number of aliphatic hydroxyl groups excluding tert-OH is 1. The molecule has 2 aromatic rings. The maximum atomic E-state index is 9.39. The van der Waals surface area contributed by atoms with Crippen LogP contribution in [0.25, 0.3) is 11.3 Å². The fourth-order valence-electron chi connectivity index (χ4n) is 3.69. The Morgan fingerprint density at radius 3 is 2.75 bits per heavy atom. The summed E-state index contributed by atoms with van der Waals surface area (Å²) < 4.78 is 0. The molecular weight excluding hydrogens is 300 g/mol. The molecule has 0 radical (unpaired) electrons. The van der Waals surface area contributed by atoms with Gasteiger partial charge in [-0.15, -0.1) is 0 Å². The van der Waals surface area contributed by atoms with Gasteiger partial charge in [0.15, 0.2) is 0 Å². The second kappa shape index (κ2) is 7.92. The zero-order chi connectivity index (χ0) is 16.9. The van der Waals surface area contributed by atoms with Gasteiger partial charge in [0.05, 0.1) is 11.9 Å². The van der Waals surface area contributed by atoms with Gasteiger partial charge in [-0.1, -0.05) is 30.3 Å². The van der Waals surface area contributed by atoms with Crippen LogP contribution in [0.2, 0.25) is 0 Å². The molecule has 0 saturated carbocycles. The fraction of sp³-hybridized carbons (Fsp3) is 0.526. The minimum absolute atomic E-state index is 0.253. The molecule has 130 valence electrons. The van der Waals surface area contributed by atoms with E-state index in [2.05, 4.69) is 58.1 Å². The SMILES string of the molecule is CC(C)N1CCN(Cc2cn[nH]c2-c2ccccc2)C[C@@H]1CCO. The Bertz CT molecular complexity index is 625. The maximum absolute atomic E-state index is 9.39. The summed E-state index contributed by atoms with van der Waals surface area (Å²) in [6, 6.07) is 11.3. The van der Waals surface area contributed by atoms with E-state index in [4.69, 9.17) is 0 Å². The number of benzene rings is 1. The van der Waals surface area contributed by atoms with Crippen LogP contribution in [0.1, 0.15) is 25.8 Å². The second-order valence-electron chi connectivity index (χ2n) is 6.87. The highest BCUT2D eigenvalue weighted by molar-refractivity contribution is 5.62. The first-order chi connectivity index (χ1) is 11.7. The van der Waals surface area contributed by atoms with Crippen LogP contribution < -0.4 is 0 Å². The lowest BCUT2D eigenvalue weighted by Gasteiger charge is -2.43. The molecule has 2 heterocycles. The number of aromatic amines is 1. The predicted octanol–water partition coefficient (Wildman–Crippen LogP) is 2.35. The highest BCUT2D eigenvalue weighted by atomic mass is 16.3. The molecule has 1 aromatic carbocycles. The van der Waals surface area contributed by atoms with Crippen LogP contribution in [0.5, 0.6) is 0 Å². The quantitative estimate of drug-likeness (QED) is 0.855. The zero-order valence-corrected chi connectivity index (χ0v) is 14.7. The van der Waals surface area contributed by atoms with Crippen molar-refractivity contribution < 1.29 is 5.11 Å².